The Kier molecular flexibility index (Phi) is 5.76. The van der Waals surface area contributed by atoms with Crippen molar-refractivity contribution in [2.75, 3.05) is 19.5 Å². The standard InChI is InChI=1S/C18H20N2O3S/c1-11-8-12(2)10-13(9-11)19-18(24)20-17(21)16-14(22-3)6-5-7-15(16)23-4/h5-10H,1-4H3,(H2,19,20,21,24). The number of ether oxygens (including phenoxy) is 2. The highest BCUT2D eigenvalue weighted by atomic mass is 32.1. The van der Waals surface area contributed by atoms with Crippen LogP contribution >= 0.6 is 12.2 Å². The molecule has 1 amide bonds. The minimum absolute atomic E-state index is 0.206. The van der Waals surface area contributed by atoms with Crippen LogP contribution in [0.25, 0.3) is 0 Å². The molecule has 0 saturated heterocycles. The summed E-state index contributed by atoms with van der Waals surface area (Å²) in [6, 6.07) is 11.1. The molecule has 0 bridgehead atoms. The second-order valence-electron chi connectivity index (χ2n) is 5.32. The number of carbonyl (C=O) groups excluding carboxylic acids is 1. The highest BCUT2D eigenvalue weighted by Gasteiger charge is 2.19. The summed E-state index contributed by atoms with van der Waals surface area (Å²) in [4.78, 5) is 12.5. The number of rotatable bonds is 4. The Morgan fingerprint density at radius 2 is 1.54 bits per heavy atom. The number of carbonyl (C=O) groups is 1. The molecule has 0 aliphatic rings. The van der Waals surface area contributed by atoms with E-state index in [1.54, 1.807) is 18.2 Å². The lowest BCUT2D eigenvalue weighted by molar-refractivity contribution is 0.0971. The van der Waals surface area contributed by atoms with Crippen molar-refractivity contribution in [3.63, 3.8) is 0 Å². The van der Waals surface area contributed by atoms with Gasteiger partial charge in [0.25, 0.3) is 5.91 Å². The fraction of sp³-hybridized carbons (Fsp3) is 0.222. The average Bonchev–Trinajstić information content (AvgIpc) is 2.52. The van der Waals surface area contributed by atoms with Gasteiger partial charge in [0.05, 0.1) is 14.2 Å². The van der Waals surface area contributed by atoms with Crippen LogP contribution in [0, 0.1) is 13.8 Å². The number of thiocarbonyl (C=S) groups is 1. The summed E-state index contributed by atoms with van der Waals surface area (Å²) in [5.41, 5.74) is 3.34. The van der Waals surface area contributed by atoms with Crippen LogP contribution in [0.2, 0.25) is 0 Å². The predicted octanol–water partition coefficient (Wildman–Crippen LogP) is 3.45. The highest BCUT2D eigenvalue weighted by Crippen LogP contribution is 2.28. The maximum atomic E-state index is 12.5. The molecule has 2 N–H and O–H groups in total. The summed E-state index contributed by atoms with van der Waals surface area (Å²) in [5, 5.41) is 5.88. The number of methoxy groups -OCH3 is 2. The second kappa shape index (κ2) is 7.79. The van der Waals surface area contributed by atoms with Gasteiger partial charge in [-0.3, -0.25) is 10.1 Å². The van der Waals surface area contributed by atoms with E-state index in [-0.39, 0.29) is 5.11 Å². The number of hydrogen-bond acceptors (Lipinski definition) is 4. The summed E-state index contributed by atoms with van der Waals surface area (Å²) in [5.74, 6) is 0.438. The Hall–Kier alpha value is -2.60. The molecule has 126 valence electrons. The number of amides is 1. The molecule has 6 heteroatoms. The molecular weight excluding hydrogens is 324 g/mol. The Balaban J connectivity index is 2.16. The third-order valence-electron chi connectivity index (χ3n) is 3.36. The van der Waals surface area contributed by atoms with Gasteiger partial charge >= 0.3 is 0 Å². The Bertz CT molecular complexity index is 732. The lowest BCUT2D eigenvalue weighted by Crippen LogP contribution is -2.34. The zero-order valence-corrected chi connectivity index (χ0v) is 14.9. The van der Waals surface area contributed by atoms with Crippen LogP contribution in [0.15, 0.2) is 36.4 Å². The monoisotopic (exact) mass is 344 g/mol. The maximum absolute atomic E-state index is 12.5. The minimum atomic E-state index is -0.397. The van der Waals surface area contributed by atoms with Crippen molar-refractivity contribution in [3.8, 4) is 11.5 Å². The first kappa shape index (κ1) is 17.7. The molecule has 2 aromatic carbocycles. The van der Waals surface area contributed by atoms with E-state index in [4.69, 9.17) is 21.7 Å². The smallest absolute Gasteiger partial charge is 0.264 e. The molecule has 5 nitrogen and oxygen atoms in total. The predicted molar refractivity (Wildman–Crippen MR) is 99.1 cm³/mol. The molecule has 0 unspecified atom stereocenters. The van der Waals surface area contributed by atoms with Crippen molar-refractivity contribution in [1.29, 1.82) is 0 Å². The number of nitrogens with one attached hydrogen (secondary N) is 2. The van der Waals surface area contributed by atoms with E-state index in [0.29, 0.717) is 17.1 Å². The Morgan fingerprint density at radius 1 is 1.00 bits per heavy atom. The summed E-state index contributed by atoms with van der Waals surface area (Å²) in [7, 11) is 3.00. The van der Waals surface area contributed by atoms with E-state index in [9.17, 15) is 4.79 Å². The first-order valence-corrected chi connectivity index (χ1v) is 7.77. The fourth-order valence-electron chi connectivity index (χ4n) is 2.45. The minimum Gasteiger partial charge on any atom is -0.496 e. The van der Waals surface area contributed by atoms with Gasteiger partial charge in [0, 0.05) is 5.69 Å². The average molecular weight is 344 g/mol. The van der Waals surface area contributed by atoms with E-state index in [0.717, 1.165) is 16.8 Å². The zero-order valence-electron chi connectivity index (χ0n) is 14.1. The first-order chi connectivity index (χ1) is 11.4. The van der Waals surface area contributed by atoms with Crippen LogP contribution < -0.4 is 20.1 Å². The topological polar surface area (TPSA) is 59.6 Å². The van der Waals surface area contributed by atoms with Crippen molar-refractivity contribution in [2.24, 2.45) is 0 Å². The normalized spacial score (nSPS) is 10.0. The molecule has 24 heavy (non-hydrogen) atoms. The van der Waals surface area contributed by atoms with Gasteiger partial charge in [0.2, 0.25) is 0 Å². The molecule has 0 radical (unpaired) electrons. The van der Waals surface area contributed by atoms with Crippen LogP contribution in [0.5, 0.6) is 11.5 Å². The van der Waals surface area contributed by atoms with Gasteiger partial charge in [0.15, 0.2) is 5.11 Å². The van der Waals surface area contributed by atoms with Gasteiger partial charge in [-0.15, -0.1) is 0 Å². The van der Waals surface area contributed by atoms with Crippen LogP contribution in [0.3, 0.4) is 0 Å². The summed E-state index contributed by atoms with van der Waals surface area (Å²) >= 11 is 5.23. The molecule has 0 atom stereocenters. The van der Waals surface area contributed by atoms with E-state index in [1.807, 2.05) is 26.0 Å². The largest absolute Gasteiger partial charge is 0.496 e. The molecule has 2 rings (SSSR count). The number of benzene rings is 2. The number of aryl methyl sites for hydroxylation is 2. The van der Waals surface area contributed by atoms with Gasteiger partial charge < -0.3 is 14.8 Å². The third kappa shape index (κ3) is 4.23. The van der Waals surface area contributed by atoms with Crippen LogP contribution in [-0.4, -0.2) is 25.2 Å². The van der Waals surface area contributed by atoms with Crippen molar-refractivity contribution >= 4 is 28.9 Å². The van der Waals surface area contributed by atoms with Crippen LogP contribution in [-0.2, 0) is 0 Å². The molecule has 0 saturated carbocycles. The summed E-state index contributed by atoms with van der Waals surface area (Å²) in [6.45, 7) is 4.00. The van der Waals surface area contributed by atoms with E-state index < -0.39 is 5.91 Å². The first-order valence-electron chi connectivity index (χ1n) is 7.36. The second-order valence-corrected chi connectivity index (χ2v) is 5.73. The molecule has 0 aliphatic heterocycles. The fourth-order valence-corrected chi connectivity index (χ4v) is 2.66. The molecule has 0 spiro atoms. The van der Waals surface area contributed by atoms with Crippen molar-refractivity contribution in [3.05, 3.63) is 53.1 Å². The van der Waals surface area contributed by atoms with Gasteiger partial charge in [-0.25, -0.2) is 0 Å². The van der Waals surface area contributed by atoms with Crippen LogP contribution in [0.4, 0.5) is 5.69 Å². The van der Waals surface area contributed by atoms with E-state index >= 15 is 0 Å². The van der Waals surface area contributed by atoms with Crippen molar-refractivity contribution < 1.29 is 14.3 Å². The van der Waals surface area contributed by atoms with E-state index in [1.165, 1.54) is 14.2 Å². The molecule has 0 heterocycles. The Labute approximate surface area is 147 Å². The molecule has 0 fully saturated rings. The van der Waals surface area contributed by atoms with Gasteiger partial charge in [-0.1, -0.05) is 12.1 Å². The van der Waals surface area contributed by atoms with Gasteiger partial charge in [-0.2, -0.15) is 0 Å². The zero-order chi connectivity index (χ0) is 17.7. The molecule has 0 aliphatic carbocycles. The summed E-state index contributed by atoms with van der Waals surface area (Å²) in [6.07, 6.45) is 0. The third-order valence-corrected chi connectivity index (χ3v) is 3.57. The Morgan fingerprint density at radius 3 is 2.04 bits per heavy atom. The SMILES string of the molecule is COc1cccc(OC)c1C(=O)NC(=S)Nc1cc(C)cc(C)c1. The van der Waals surface area contributed by atoms with Crippen LogP contribution in [0.1, 0.15) is 21.5 Å². The van der Waals surface area contributed by atoms with Gasteiger partial charge in [0.1, 0.15) is 17.1 Å². The molecule has 2 aromatic rings. The highest BCUT2D eigenvalue weighted by molar-refractivity contribution is 7.80. The lowest BCUT2D eigenvalue weighted by atomic mass is 10.1. The quantitative estimate of drug-likeness (QED) is 0.832. The maximum Gasteiger partial charge on any atom is 0.264 e. The van der Waals surface area contributed by atoms with E-state index in [2.05, 4.69) is 16.7 Å². The number of anilines is 1. The molecule has 0 aromatic heterocycles. The lowest BCUT2D eigenvalue weighted by Gasteiger charge is -2.14. The van der Waals surface area contributed by atoms with Crippen molar-refractivity contribution in [2.45, 2.75) is 13.8 Å². The van der Waals surface area contributed by atoms with Gasteiger partial charge in [-0.05, 0) is 61.5 Å². The number of hydrogen-bond donors (Lipinski definition) is 2. The summed E-state index contributed by atoms with van der Waals surface area (Å²) < 4.78 is 10.5. The molecular formula is C18H20N2O3S. The van der Waals surface area contributed by atoms with Crippen molar-refractivity contribution in [1.82, 2.24) is 5.32 Å².